The maximum absolute atomic E-state index is 11.3. The molecule has 2 heterocycles. The Morgan fingerprint density at radius 1 is 1.20 bits per heavy atom. The first-order valence-corrected chi connectivity index (χ1v) is 10.9. The van der Waals surface area contributed by atoms with Gasteiger partial charge in [0.1, 0.15) is 29.9 Å². The highest BCUT2D eigenvalue weighted by Crippen LogP contribution is 2.25. The van der Waals surface area contributed by atoms with Crippen LogP contribution in [0.15, 0.2) is 52.9 Å². The number of benzene rings is 2. The lowest BCUT2D eigenvalue weighted by molar-refractivity contribution is -0.141. The Morgan fingerprint density at radius 3 is 2.63 bits per heavy atom. The van der Waals surface area contributed by atoms with E-state index in [4.69, 9.17) is 9.15 Å². The fourth-order valence-electron chi connectivity index (χ4n) is 3.32. The Kier molecular flexibility index (Phi) is 6.11. The molecule has 1 aromatic heterocycles. The number of carboxylic acids is 1. The summed E-state index contributed by atoms with van der Waals surface area (Å²) in [5.74, 6) is 2.70. The average Bonchev–Trinajstić information content (AvgIpc) is 3.35. The first kappa shape index (κ1) is 20.5. The number of carboxylic acid groups (broad SMARTS) is 1. The molecule has 0 spiro atoms. The van der Waals surface area contributed by atoms with Crippen molar-refractivity contribution in [1.82, 2.24) is 9.88 Å². The Bertz CT molecular complexity index is 1010. The zero-order valence-corrected chi connectivity index (χ0v) is 17.8. The highest BCUT2D eigenvalue weighted by atomic mass is 32.2. The molecule has 1 saturated heterocycles. The summed E-state index contributed by atoms with van der Waals surface area (Å²) in [5.41, 5.74) is 3.97. The number of rotatable bonds is 7. The van der Waals surface area contributed by atoms with Gasteiger partial charge in [0.25, 0.3) is 0 Å². The van der Waals surface area contributed by atoms with Gasteiger partial charge in [-0.3, -0.25) is 9.69 Å². The summed E-state index contributed by atoms with van der Waals surface area (Å²) >= 11 is 1.65. The van der Waals surface area contributed by atoms with Crippen molar-refractivity contribution in [3.05, 3.63) is 71.1 Å². The van der Waals surface area contributed by atoms with Crippen LogP contribution in [0.3, 0.4) is 0 Å². The normalized spacial score (nSPS) is 16.7. The SMILES string of the molecule is Cc1ccc(-c2nc(COc3ccc(CN4CSC[C@H]4C(=O)O)cc3)c(C)o2)cc1. The number of oxazole rings is 1. The third-order valence-electron chi connectivity index (χ3n) is 5.13. The maximum atomic E-state index is 11.3. The van der Waals surface area contributed by atoms with Crippen molar-refractivity contribution in [3.8, 4) is 17.2 Å². The number of aryl methyl sites for hydroxylation is 2. The number of hydrogen-bond acceptors (Lipinski definition) is 6. The van der Waals surface area contributed by atoms with E-state index in [0.29, 0.717) is 24.8 Å². The minimum absolute atomic E-state index is 0.324. The topological polar surface area (TPSA) is 75.8 Å². The zero-order chi connectivity index (χ0) is 21.1. The fraction of sp³-hybridized carbons (Fsp3) is 0.304. The molecule has 1 aliphatic heterocycles. The molecule has 1 aliphatic rings. The van der Waals surface area contributed by atoms with Crippen molar-refractivity contribution in [3.63, 3.8) is 0 Å². The van der Waals surface area contributed by atoms with Crippen LogP contribution in [0, 0.1) is 13.8 Å². The molecule has 0 bridgehead atoms. The summed E-state index contributed by atoms with van der Waals surface area (Å²) in [6.45, 7) is 4.88. The smallest absolute Gasteiger partial charge is 0.321 e. The lowest BCUT2D eigenvalue weighted by Crippen LogP contribution is -2.37. The lowest BCUT2D eigenvalue weighted by atomic mass is 10.1. The van der Waals surface area contributed by atoms with Crippen molar-refractivity contribution >= 4 is 17.7 Å². The van der Waals surface area contributed by atoms with Crippen LogP contribution in [0.2, 0.25) is 0 Å². The number of hydrogen-bond donors (Lipinski definition) is 1. The van der Waals surface area contributed by atoms with E-state index in [9.17, 15) is 9.90 Å². The van der Waals surface area contributed by atoms with Gasteiger partial charge in [-0.1, -0.05) is 29.8 Å². The highest BCUT2D eigenvalue weighted by molar-refractivity contribution is 7.99. The van der Waals surface area contributed by atoms with Crippen LogP contribution < -0.4 is 4.74 Å². The van der Waals surface area contributed by atoms with Crippen LogP contribution in [-0.2, 0) is 17.9 Å². The third-order valence-corrected chi connectivity index (χ3v) is 6.20. The van der Waals surface area contributed by atoms with Gasteiger partial charge in [-0.15, -0.1) is 11.8 Å². The summed E-state index contributed by atoms with van der Waals surface area (Å²) in [7, 11) is 0. The van der Waals surface area contributed by atoms with E-state index in [1.165, 1.54) is 5.56 Å². The second kappa shape index (κ2) is 8.93. The van der Waals surface area contributed by atoms with Gasteiger partial charge >= 0.3 is 5.97 Å². The highest BCUT2D eigenvalue weighted by Gasteiger charge is 2.30. The van der Waals surface area contributed by atoms with Gasteiger partial charge in [0.05, 0.1) is 0 Å². The lowest BCUT2D eigenvalue weighted by Gasteiger charge is -2.20. The molecule has 0 saturated carbocycles. The standard InChI is InChI=1S/C23H24N2O4S/c1-15-3-7-18(8-4-15)22-24-20(16(2)29-22)12-28-19-9-5-17(6-10-19)11-25-14-30-13-21(25)23(26)27/h3-10,21H,11-14H2,1-2H3,(H,26,27)/t21-/m0/s1. The van der Waals surface area contributed by atoms with Crippen molar-refractivity contribution in [2.24, 2.45) is 0 Å². The summed E-state index contributed by atoms with van der Waals surface area (Å²) in [6, 6.07) is 15.4. The van der Waals surface area contributed by atoms with Crippen molar-refractivity contribution in [2.75, 3.05) is 11.6 Å². The predicted octanol–water partition coefficient (Wildman–Crippen LogP) is 4.50. The Labute approximate surface area is 179 Å². The van der Waals surface area contributed by atoms with Gasteiger partial charge in [-0.05, 0) is 43.7 Å². The van der Waals surface area contributed by atoms with Gasteiger partial charge in [0.15, 0.2) is 0 Å². The van der Waals surface area contributed by atoms with E-state index in [-0.39, 0.29) is 0 Å². The number of thioether (sulfide) groups is 1. The number of nitrogens with zero attached hydrogens (tertiary/aromatic N) is 2. The molecule has 7 heteroatoms. The van der Waals surface area contributed by atoms with E-state index in [1.54, 1.807) is 11.8 Å². The van der Waals surface area contributed by atoms with Crippen LogP contribution in [0.25, 0.3) is 11.5 Å². The summed E-state index contributed by atoms with van der Waals surface area (Å²) < 4.78 is 11.7. The van der Waals surface area contributed by atoms with E-state index in [0.717, 1.165) is 34.2 Å². The molecule has 6 nitrogen and oxygen atoms in total. The molecule has 156 valence electrons. The first-order valence-electron chi connectivity index (χ1n) is 9.79. The van der Waals surface area contributed by atoms with E-state index >= 15 is 0 Å². The third kappa shape index (κ3) is 4.68. The molecule has 4 rings (SSSR count). The number of aromatic nitrogens is 1. The molecule has 1 fully saturated rings. The van der Waals surface area contributed by atoms with Crippen LogP contribution in [0.4, 0.5) is 0 Å². The Balaban J connectivity index is 1.36. The molecule has 0 radical (unpaired) electrons. The van der Waals surface area contributed by atoms with E-state index < -0.39 is 12.0 Å². The largest absolute Gasteiger partial charge is 0.487 e. The number of carbonyl (C=O) groups is 1. The quantitative estimate of drug-likeness (QED) is 0.598. The molecule has 30 heavy (non-hydrogen) atoms. The molecular formula is C23H24N2O4S. The summed E-state index contributed by atoms with van der Waals surface area (Å²) in [5, 5.41) is 9.30. The van der Waals surface area contributed by atoms with E-state index in [2.05, 4.69) is 4.98 Å². The second-order valence-electron chi connectivity index (χ2n) is 7.42. The first-order chi connectivity index (χ1) is 14.5. The molecule has 2 aromatic carbocycles. The number of aliphatic carboxylic acids is 1. The van der Waals surface area contributed by atoms with Crippen LogP contribution in [0.1, 0.15) is 22.6 Å². The molecule has 0 amide bonds. The minimum atomic E-state index is -0.757. The van der Waals surface area contributed by atoms with Gasteiger partial charge in [-0.25, -0.2) is 4.98 Å². The summed E-state index contributed by atoms with van der Waals surface area (Å²) in [4.78, 5) is 17.9. The van der Waals surface area contributed by atoms with Crippen molar-refractivity contribution < 1.29 is 19.1 Å². The molecular weight excluding hydrogens is 400 g/mol. The Morgan fingerprint density at radius 2 is 1.93 bits per heavy atom. The van der Waals surface area contributed by atoms with Gasteiger partial charge in [0.2, 0.25) is 5.89 Å². The summed E-state index contributed by atoms with van der Waals surface area (Å²) in [6.07, 6.45) is 0. The number of ether oxygens (including phenoxy) is 1. The molecule has 1 atom stereocenters. The second-order valence-corrected chi connectivity index (χ2v) is 8.42. The van der Waals surface area contributed by atoms with Crippen LogP contribution in [0.5, 0.6) is 5.75 Å². The van der Waals surface area contributed by atoms with Crippen LogP contribution >= 0.6 is 11.8 Å². The molecule has 0 aliphatic carbocycles. The van der Waals surface area contributed by atoms with Gasteiger partial charge in [0, 0.05) is 23.7 Å². The fourth-order valence-corrected chi connectivity index (χ4v) is 4.51. The van der Waals surface area contributed by atoms with Crippen molar-refractivity contribution in [1.29, 1.82) is 0 Å². The molecule has 0 unspecified atom stereocenters. The minimum Gasteiger partial charge on any atom is -0.487 e. The maximum Gasteiger partial charge on any atom is 0.321 e. The van der Waals surface area contributed by atoms with Gasteiger partial charge < -0.3 is 14.3 Å². The average molecular weight is 425 g/mol. The molecule has 3 aromatic rings. The monoisotopic (exact) mass is 424 g/mol. The Hall–Kier alpha value is -2.77. The van der Waals surface area contributed by atoms with E-state index in [1.807, 2.05) is 67.3 Å². The van der Waals surface area contributed by atoms with Gasteiger partial charge in [-0.2, -0.15) is 0 Å². The van der Waals surface area contributed by atoms with Crippen LogP contribution in [-0.4, -0.2) is 38.6 Å². The molecule has 1 N–H and O–H groups in total. The van der Waals surface area contributed by atoms with Crippen molar-refractivity contribution in [2.45, 2.75) is 33.0 Å². The predicted molar refractivity (Wildman–Crippen MR) is 116 cm³/mol. The zero-order valence-electron chi connectivity index (χ0n) is 17.0.